The number of hydrogen-bond donors (Lipinski definition) is 2. The van der Waals surface area contributed by atoms with Gasteiger partial charge in [-0.3, -0.25) is 4.72 Å². The van der Waals surface area contributed by atoms with Gasteiger partial charge in [-0.15, -0.1) is 0 Å². The molecule has 0 amide bonds. The van der Waals surface area contributed by atoms with Gasteiger partial charge < -0.3 is 5.11 Å². The lowest BCUT2D eigenvalue weighted by Crippen LogP contribution is -2.16. The molecule has 2 rings (SSSR count). The minimum Gasteiger partial charge on any atom is -0.478 e. The van der Waals surface area contributed by atoms with Crippen molar-refractivity contribution in [2.75, 3.05) is 4.72 Å². The van der Waals surface area contributed by atoms with Crippen molar-refractivity contribution in [2.24, 2.45) is 0 Å². The predicted octanol–water partition coefficient (Wildman–Crippen LogP) is 3.76. The first-order valence-corrected chi connectivity index (χ1v) is 8.61. The van der Waals surface area contributed by atoms with Gasteiger partial charge in [-0.2, -0.15) is 0 Å². The van der Waals surface area contributed by atoms with Crippen molar-refractivity contribution < 1.29 is 18.3 Å². The van der Waals surface area contributed by atoms with E-state index in [9.17, 15) is 18.3 Å². The van der Waals surface area contributed by atoms with Crippen molar-refractivity contribution in [1.29, 1.82) is 0 Å². The molecule has 0 radical (unpaired) electrons. The lowest BCUT2D eigenvalue weighted by molar-refractivity contribution is 0.0696. The number of aromatic carboxylic acids is 1. The van der Waals surface area contributed by atoms with Gasteiger partial charge in [-0.1, -0.05) is 17.7 Å². The molecular weight excluding hydrogens is 338 g/mol. The fourth-order valence-corrected chi connectivity index (χ4v) is 3.90. The molecule has 122 valence electrons. The second-order valence-corrected chi connectivity index (χ2v) is 7.39. The van der Waals surface area contributed by atoms with E-state index in [0.717, 1.165) is 0 Å². The minimum absolute atomic E-state index is 0.0381. The molecule has 0 aliphatic carbocycles. The Balaban J connectivity index is 2.51. The highest BCUT2D eigenvalue weighted by Gasteiger charge is 2.21. The van der Waals surface area contributed by atoms with Crippen molar-refractivity contribution in [3.8, 4) is 0 Å². The molecule has 0 unspecified atom stereocenters. The van der Waals surface area contributed by atoms with Gasteiger partial charge >= 0.3 is 5.97 Å². The third-order valence-electron chi connectivity index (χ3n) is 3.47. The number of aryl methyl sites for hydroxylation is 3. The highest BCUT2D eigenvalue weighted by molar-refractivity contribution is 7.92. The summed E-state index contributed by atoms with van der Waals surface area (Å²) in [6.07, 6.45) is 0. The monoisotopic (exact) mass is 353 g/mol. The highest BCUT2D eigenvalue weighted by Crippen LogP contribution is 2.26. The summed E-state index contributed by atoms with van der Waals surface area (Å²) in [6.45, 7) is 4.99. The van der Waals surface area contributed by atoms with E-state index in [0.29, 0.717) is 27.4 Å². The summed E-state index contributed by atoms with van der Waals surface area (Å²) in [7, 11) is -3.91. The lowest BCUT2D eigenvalue weighted by Gasteiger charge is -2.14. The van der Waals surface area contributed by atoms with Gasteiger partial charge in [0.2, 0.25) is 0 Å². The molecule has 0 aliphatic rings. The Morgan fingerprint density at radius 1 is 1.04 bits per heavy atom. The van der Waals surface area contributed by atoms with E-state index in [1.54, 1.807) is 45.0 Å². The second-order valence-electron chi connectivity index (χ2n) is 5.30. The van der Waals surface area contributed by atoms with Gasteiger partial charge in [0.05, 0.1) is 16.1 Å². The van der Waals surface area contributed by atoms with E-state index >= 15 is 0 Å². The molecule has 23 heavy (non-hydrogen) atoms. The molecule has 0 fully saturated rings. The Morgan fingerprint density at radius 2 is 1.70 bits per heavy atom. The Bertz CT molecular complexity index is 891. The van der Waals surface area contributed by atoms with Crippen LogP contribution < -0.4 is 4.72 Å². The number of sulfonamides is 1. The average Bonchev–Trinajstić information content (AvgIpc) is 2.41. The van der Waals surface area contributed by atoms with Crippen LogP contribution in [0.15, 0.2) is 35.2 Å². The van der Waals surface area contributed by atoms with Gasteiger partial charge in [0.15, 0.2) is 0 Å². The summed E-state index contributed by atoms with van der Waals surface area (Å²) in [6, 6.07) is 7.52. The molecule has 0 aromatic heterocycles. The van der Waals surface area contributed by atoms with E-state index < -0.39 is 16.0 Å². The molecular formula is C16H16ClNO4S. The maximum Gasteiger partial charge on any atom is 0.335 e. The predicted molar refractivity (Wildman–Crippen MR) is 89.9 cm³/mol. The number of nitrogens with one attached hydrogen (secondary N) is 1. The number of carboxylic acid groups (broad SMARTS) is 1. The summed E-state index contributed by atoms with van der Waals surface area (Å²) >= 11 is 5.86. The summed E-state index contributed by atoms with van der Waals surface area (Å²) in [5.74, 6) is -1.17. The topological polar surface area (TPSA) is 83.5 Å². The molecule has 0 saturated carbocycles. The van der Waals surface area contributed by atoms with Crippen LogP contribution >= 0.6 is 11.6 Å². The molecule has 0 spiro atoms. The lowest BCUT2D eigenvalue weighted by atomic mass is 10.1. The second kappa shape index (κ2) is 6.22. The molecule has 0 heterocycles. The number of halogens is 1. The number of carboxylic acids is 1. The Kier molecular flexibility index (Phi) is 4.68. The molecule has 2 aromatic carbocycles. The maximum atomic E-state index is 12.6. The number of hydrogen-bond acceptors (Lipinski definition) is 3. The van der Waals surface area contributed by atoms with Crippen molar-refractivity contribution in [1.82, 2.24) is 0 Å². The zero-order chi connectivity index (χ0) is 17.4. The van der Waals surface area contributed by atoms with Gasteiger partial charge in [-0.25, -0.2) is 13.2 Å². The van der Waals surface area contributed by atoms with Crippen LogP contribution in [0.25, 0.3) is 0 Å². The van der Waals surface area contributed by atoms with Crippen LogP contribution in [0.1, 0.15) is 27.0 Å². The zero-order valence-electron chi connectivity index (χ0n) is 12.8. The maximum absolute atomic E-state index is 12.6. The van der Waals surface area contributed by atoms with Crippen LogP contribution in [0.4, 0.5) is 5.69 Å². The van der Waals surface area contributed by atoms with E-state index in [4.69, 9.17) is 11.6 Å². The van der Waals surface area contributed by atoms with Crippen LogP contribution in [0.5, 0.6) is 0 Å². The molecule has 0 aliphatic heterocycles. The normalized spacial score (nSPS) is 11.3. The van der Waals surface area contributed by atoms with Crippen LogP contribution in [0.2, 0.25) is 5.02 Å². The Labute approximate surface area is 140 Å². The first kappa shape index (κ1) is 17.3. The van der Waals surface area contributed by atoms with Crippen molar-refractivity contribution >= 4 is 33.3 Å². The molecule has 2 aromatic rings. The zero-order valence-corrected chi connectivity index (χ0v) is 14.4. The molecule has 0 saturated heterocycles. The molecule has 0 bridgehead atoms. The summed E-state index contributed by atoms with van der Waals surface area (Å²) in [5, 5.41) is 9.69. The van der Waals surface area contributed by atoms with Gasteiger partial charge in [0, 0.05) is 5.02 Å². The Hall–Kier alpha value is -2.05. The number of rotatable bonds is 4. The van der Waals surface area contributed by atoms with Crippen LogP contribution in [-0.4, -0.2) is 19.5 Å². The average molecular weight is 354 g/mol. The fraction of sp³-hybridized carbons (Fsp3) is 0.188. The van der Waals surface area contributed by atoms with Crippen molar-refractivity contribution in [3.63, 3.8) is 0 Å². The highest BCUT2D eigenvalue weighted by atomic mass is 35.5. The SMILES string of the molecule is Cc1cc(Cl)ccc1NS(=O)(=O)c1cc(C(=O)O)c(C)cc1C. The van der Waals surface area contributed by atoms with Crippen molar-refractivity contribution in [2.45, 2.75) is 25.7 Å². The van der Waals surface area contributed by atoms with Crippen LogP contribution in [-0.2, 0) is 10.0 Å². The van der Waals surface area contributed by atoms with E-state index in [1.165, 1.54) is 6.07 Å². The largest absolute Gasteiger partial charge is 0.478 e. The number of carbonyl (C=O) groups is 1. The van der Waals surface area contributed by atoms with E-state index in [1.807, 2.05) is 0 Å². The summed E-state index contributed by atoms with van der Waals surface area (Å²) < 4.78 is 27.7. The van der Waals surface area contributed by atoms with Gasteiger partial charge in [-0.05, 0) is 61.7 Å². The third-order valence-corrected chi connectivity index (χ3v) is 5.22. The molecule has 0 atom stereocenters. The molecule has 5 nitrogen and oxygen atoms in total. The Morgan fingerprint density at radius 3 is 2.26 bits per heavy atom. The van der Waals surface area contributed by atoms with E-state index in [-0.39, 0.29) is 10.5 Å². The fourth-order valence-electron chi connectivity index (χ4n) is 2.29. The first-order valence-electron chi connectivity index (χ1n) is 6.75. The smallest absolute Gasteiger partial charge is 0.335 e. The van der Waals surface area contributed by atoms with Gasteiger partial charge in [0.1, 0.15) is 0 Å². The minimum atomic E-state index is -3.91. The van der Waals surface area contributed by atoms with Crippen molar-refractivity contribution in [3.05, 3.63) is 57.6 Å². The molecule has 2 N–H and O–H groups in total. The third kappa shape index (κ3) is 3.65. The van der Waals surface area contributed by atoms with Gasteiger partial charge in [0.25, 0.3) is 10.0 Å². The summed E-state index contributed by atoms with van der Waals surface area (Å²) in [4.78, 5) is 11.2. The first-order chi connectivity index (χ1) is 10.6. The van der Waals surface area contributed by atoms with Crippen LogP contribution in [0.3, 0.4) is 0 Å². The number of benzene rings is 2. The standard InChI is InChI=1S/C16H16ClNO4S/c1-9-6-11(3)15(8-13(9)16(19)20)23(21,22)18-14-5-4-12(17)7-10(14)2/h4-8,18H,1-3H3,(H,19,20). The number of anilines is 1. The van der Waals surface area contributed by atoms with E-state index in [2.05, 4.69) is 4.72 Å². The quantitative estimate of drug-likeness (QED) is 0.876. The summed E-state index contributed by atoms with van der Waals surface area (Å²) in [5.41, 5.74) is 2.02. The molecule has 7 heteroatoms. The van der Waals surface area contributed by atoms with Crippen LogP contribution in [0, 0.1) is 20.8 Å².